The molecule has 21 nitrogen and oxygen atoms in total. The summed E-state index contributed by atoms with van der Waals surface area (Å²) in [5.41, 5.74) is -3.39. The SMILES string of the molecule is C[C@H](n1c([C@@H](C)OC2CCCCO2)nc2cnc(N(c3ccnc(OCC(C)(C)S(C)(=O)=O)n3)[C@@](C)(O)c3nc4cnc(Nc5ccnc(OCC(C)(C)S(C)(=O)=O)n5)cc4n3[C@@H](C)C(F)(F)F)cc21)C(F)(F)F. The summed E-state index contributed by atoms with van der Waals surface area (Å²) < 4.78 is 161. The Morgan fingerprint density at radius 1 is 0.730 bits per heavy atom. The molecule has 0 spiro atoms. The summed E-state index contributed by atoms with van der Waals surface area (Å²) in [6.45, 7) is 9.59. The first-order valence-corrected chi connectivity index (χ1v) is 26.8. The van der Waals surface area contributed by atoms with Crippen molar-refractivity contribution in [3.05, 3.63) is 60.7 Å². The molecule has 7 heterocycles. The fraction of sp³-hybridized carbons (Fsp3) is 0.556. The molecule has 6 aromatic heterocycles. The van der Waals surface area contributed by atoms with Crippen molar-refractivity contribution >= 4 is 65.0 Å². The van der Waals surface area contributed by atoms with Gasteiger partial charge in [-0.05, 0) is 86.8 Å². The van der Waals surface area contributed by atoms with Crippen molar-refractivity contribution in [3.8, 4) is 12.0 Å². The molecular formula is C45H56F6N12O9S2. The van der Waals surface area contributed by atoms with Crippen LogP contribution in [0.3, 0.4) is 0 Å². The van der Waals surface area contributed by atoms with Crippen molar-refractivity contribution in [1.29, 1.82) is 0 Å². The maximum absolute atomic E-state index is 15.1. The summed E-state index contributed by atoms with van der Waals surface area (Å²) in [5, 5.41) is 15.9. The fourth-order valence-electron chi connectivity index (χ4n) is 7.51. The summed E-state index contributed by atoms with van der Waals surface area (Å²) in [4.78, 5) is 35.4. The highest BCUT2D eigenvalue weighted by Crippen LogP contribution is 2.44. The van der Waals surface area contributed by atoms with E-state index in [1.54, 1.807) is 0 Å². The zero-order valence-corrected chi connectivity index (χ0v) is 43.5. The van der Waals surface area contributed by atoms with Crippen LogP contribution in [0.2, 0.25) is 0 Å². The van der Waals surface area contributed by atoms with Crippen LogP contribution in [0.4, 0.5) is 49.6 Å². The third-order valence-electron chi connectivity index (χ3n) is 12.7. The molecule has 1 unspecified atom stereocenters. The van der Waals surface area contributed by atoms with E-state index in [0.29, 0.717) is 17.6 Å². The van der Waals surface area contributed by atoms with Crippen LogP contribution in [0.25, 0.3) is 22.1 Å². The number of anilines is 4. The number of pyridine rings is 2. The Bertz CT molecular complexity index is 3240. The molecule has 74 heavy (non-hydrogen) atoms. The summed E-state index contributed by atoms with van der Waals surface area (Å²) in [7, 11) is -7.27. The molecule has 0 radical (unpaired) electrons. The molecule has 5 atom stereocenters. The first-order chi connectivity index (χ1) is 34.2. The number of nitrogens with zero attached hydrogens (tertiary/aromatic N) is 11. The second-order valence-electron chi connectivity index (χ2n) is 19.3. The topological polar surface area (TPSA) is 254 Å². The van der Waals surface area contributed by atoms with Gasteiger partial charge in [-0.25, -0.2) is 46.7 Å². The van der Waals surface area contributed by atoms with Gasteiger partial charge in [0.05, 0.1) is 23.4 Å². The van der Waals surface area contributed by atoms with Crippen LogP contribution >= 0.6 is 0 Å². The van der Waals surface area contributed by atoms with E-state index >= 15 is 13.2 Å². The molecule has 1 saturated heterocycles. The molecule has 0 bridgehead atoms. The predicted molar refractivity (Wildman–Crippen MR) is 258 cm³/mol. The number of halogens is 6. The van der Waals surface area contributed by atoms with Gasteiger partial charge in [-0.2, -0.15) is 36.3 Å². The Balaban J connectivity index is 1.39. The molecule has 0 saturated carbocycles. The molecule has 1 fully saturated rings. The molecule has 29 heteroatoms. The van der Waals surface area contributed by atoms with E-state index in [4.69, 9.17) is 18.9 Å². The Morgan fingerprint density at radius 3 is 1.86 bits per heavy atom. The van der Waals surface area contributed by atoms with E-state index in [1.165, 1.54) is 59.0 Å². The Hall–Kier alpha value is -6.04. The summed E-state index contributed by atoms with van der Waals surface area (Å²) >= 11 is 0. The number of aliphatic hydroxyl groups is 1. The van der Waals surface area contributed by atoms with Gasteiger partial charge >= 0.3 is 24.4 Å². The van der Waals surface area contributed by atoms with E-state index in [9.17, 15) is 35.1 Å². The second-order valence-corrected chi connectivity index (χ2v) is 24.6. The largest absolute Gasteiger partial charge is 0.462 e. The molecular weight excluding hydrogens is 1030 g/mol. The van der Waals surface area contributed by atoms with Crippen molar-refractivity contribution in [2.45, 2.75) is 127 Å². The van der Waals surface area contributed by atoms with Gasteiger partial charge in [0.15, 0.2) is 31.8 Å². The number of rotatable bonds is 19. The molecule has 1 aliphatic rings. The lowest BCUT2D eigenvalue weighted by Gasteiger charge is -2.37. The average molecular weight is 1090 g/mol. The number of sulfone groups is 2. The quantitative estimate of drug-likeness (QED) is 0.0580. The Labute approximate surface area is 421 Å². The summed E-state index contributed by atoms with van der Waals surface area (Å²) in [6, 6.07) is -0.405. The highest BCUT2D eigenvalue weighted by Gasteiger charge is 2.47. The monoisotopic (exact) mass is 1090 g/mol. The standard InChI is InChI=1S/C45H56F6N12O9S2/c1-25(72-36-13-11-12-18-69-36)37-56-28-22-55-35(20-31(28)61(37)26(2)44(46,47)48)63(34-15-17-53-40(60-34)71-24-42(6,7)74(10,67)68)43(8,64)38-57-29-21-54-33(19-30(29)62(38)27(3)45(49,50)51)58-32-14-16-52-39(59-32)70-23-41(4,5)73(9,65)66/h14-17,19-22,25-27,36,64H,11-13,18,23-24H2,1-10H3,(H,52,54,58,59)/t25-,26+,27+,36?,43+/m1/s1. The number of hydrogen-bond donors (Lipinski definition) is 2. The number of hydrogen-bond acceptors (Lipinski definition) is 19. The van der Waals surface area contributed by atoms with Crippen LogP contribution in [0.1, 0.15) is 104 Å². The molecule has 2 N–H and O–H groups in total. The third-order valence-corrected chi connectivity index (χ3v) is 16.9. The third kappa shape index (κ3) is 11.7. The minimum absolute atomic E-state index is 0.0426. The molecule has 6 aromatic rings. The number of imidazole rings is 2. The van der Waals surface area contributed by atoms with Gasteiger partial charge < -0.3 is 38.5 Å². The zero-order chi connectivity index (χ0) is 54.6. The molecule has 0 aliphatic carbocycles. The number of aromatic nitrogens is 10. The zero-order valence-electron chi connectivity index (χ0n) is 41.9. The highest BCUT2D eigenvalue weighted by atomic mass is 32.2. The minimum atomic E-state index is -5.00. The maximum atomic E-state index is 15.1. The van der Waals surface area contributed by atoms with Crippen molar-refractivity contribution in [3.63, 3.8) is 0 Å². The number of fused-ring (bicyclic) bond motifs is 2. The van der Waals surface area contributed by atoms with Crippen LogP contribution in [0, 0.1) is 0 Å². The van der Waals surface area contributed by atoms with Crippen LogP contribution in [0.5, 0.6) is 12.0 Å². The van der Waals surface area contributed by atoms with Crippen molar-refractivity contribution < 1.29 is 67.2 Å². The van der Waals surface area contributed by atoms with Gasteiger partial charge in [-0.1, -0.05) is 0 Å². The predicted octanol–water partition coefficient (Wildman–Crippen LogP) is 7.76. The lowest BCUT2D eigenvalue weighted by atomic mass is 10.1. The van der Waals surface area contributed by atoms with Gasteiger partial charge in [0, 0.05) is 43.6 Å². The van der Waals surface area contributed by atoms with E-state index in [-0.39, 0.29) is 63.8 Å². The Morgan fingerprint density at radius 2 is 1.28 bits per heavy atom. The number of ether oxygens (including phenoxy) is 4. The van der Waals surface area contributed by atoms with Gasteiger partial charge in [0.2, 0.25) is 5.72 Å². The minimum Gasteiger partial charge on any atom is -0.462 e. The van der Waals surface area contributed by atoms with Crippen molar-refractivity contribution in [2.75, 3.05) is 42.5 Å². The number of nitrogens with one attached hydrogen (secondary N) is 1. The average Bonchev–Trinajstić information content (AvgIpc) is 3.88. The fourth-order valence-corrected chi connectivity index (χ4v) is 8.05. The molecule has 0 amide bonds. The lowest BCUT2D eigenvalue weighted by molar-refractivity contribution is -0.190. The van der Waals surface area contributed by atoms with E-state index in [0.717, 1.165) is 80.2 Å². The molecule has 1 aliphatic heterocycles. The normalized spacial score (nSPS) is 17.4. The Kier molecular flexibility index (Phi) is 15.2. The first kappa shape index (κ1) is 55.7. The molecule has 404 valence electrons. The lowest BCUT2D eigenvalue weighted by Crippen LogP contribution is -2.45. The van der Waals surface area contributed by atoms with Crippen molar-refractivity contribution in [1.82, 2.24) is 49.0 Å². The van der Waals surface area contributed by atoms with E-state index in [2.05, 4.69) is 45.2 Å². The van der Waals surface area contributed by atoms with Gasteiger partial charge in [-0.15, -0.1) is 0 Å². The van der Waals surface area contributed by atoms with Gasteiger partial charge in [-0.3, -0.25) is 4.90 Å². The van der Waals surface area contributed by atoms with Gasteiger partial charge in [0.25, 0.3) is 0 Å². The summed E-state index contributed by atoms with van der Waals surface area (Å²) in [5.74, 6) is -1.59. The second kappa shape index (κ2) is 20.2. The maximum Gasteiger partial charge on any atom is 0.408 e. The smallest absolute Gasteiger partial charge is 0.408 e. The summed E-state index contributed by atoms with van der Waals surface area (Å²) in [6.07, 6.45) is -2.87. The van der Waals surface area contributed by atoms with Crippen LogP contribution < -0.4 is 19.7 Å². The molecule has 0 aromatic carbocycles. The van der Waals surface area contributed by atoms with Crippen LogP contribution in [-0.2, 0) is 34.9 Å². The number of alkyl halides is 6. The van der Waals surface area contributed by atoms with Crippen LogP contribution in [0.15, 0.2) is 49.1 Å². The van der Waals surface area contributed by atoms with E-state index < -0.39 is 90.2 Å². The molecule has 7 rings (SSSR count). The highest BCUT2D eigenvalue weighted by molar-refractivity contribution is 7.92. The van der Waals surface area contributed by atoms with Gasteiger partial charge in [0.1, 0.15) is 81.0 Å². The first-order valence-electron chi connectivity index (χ1n) is 23.0. The van der Waals surface area contributed by atoms with Crippen molar-refractivity contribution in [2.24, 2.45) is 0 Å². The van der Waals surface area contributed by atoms with Crippen LogP contribution in [-0.4, -0.2) is 131 Å². The van der Waals surface area contributed by atoms with E-state index in [1.807, 2.05) is 0 Å².